The number of thioether (sulfide) groups is 1. The molecule has 2 aliphatic rings. The standard InChI is InChI=1S/C19H25N5O5S3/c1-14(30-19-22-21-18(31-19)23-5-9-28-10-6-23)17(25)20-15-3-2-4-16(13-15)32(26,27)24-7-11-29-12-8-24/h2-4,13-14H,5-12H2,1H3,(H,20,25). The van der Waals surface area contributed by atoms with Gasteiger partial charge in [0.05, 0.1) is 36.6 Å². The highest BCUT2D eigenvalue weighted by atomic mass is 32.2. The lowest BCUT2D eigenvalue weighted by molar-refractivity contribution is -0.115. The van der Waals surface area contributed by atoms with Gasteiger partial charge in [0.2, 0.25) is 21.1 Å². The number of ether oxygens (including phenoxy) is 2. The molecule has 0 bridgehead atoms. The Kier molecular flexibility index (Phi) is 7.63. The Morgan fingerprint density at radius 2 is 1.81 bits per heavy atom. The first-order valence-corrected chi connectivity index (χ1v) is 13.4. The molecule has 2 aromatic rings. The molecule has 1 N–H and O–H groups in total. The van der Waals surface area contributed by atoms with E-state index in [-0.39, 0.29) is 10.8 Å². The first-order chi connectivity index (χ1) is 15.4. The fourth-order valence-corrected chi connectivity index (χ4v) is 6.74. The summed E-state index contributed by atoms with van der Waals surface area (Å²) >= 11 is 2.77. The van der Waals surface area contributed by atoms with E-state index in [0.29, 0.717) is 49.5 Å². The Balaban J connectivity index is 1.37. The fourth-order valence-electron chi connectivity index (χ4n) is 3.25. The number of sulfonamides is 1. The zero-order chi connectivity index (χ0) is 22.6. The molecule has 3 heterocycles. The van der Waals surface area contributed by atoms with Crippen LogP contribution in [0.1, 0.15) is 6.92 Å². The summed E-state index contributed by atoms with van der Waals surface area (Å²) in [5.74, 6) is -0.237. The SMILES string of the molecule is CC(Sc1nnc(N2CCOCC2)s1)C(=O)Nc1cccc(S(=O)(=O)N2CCOCC2)c1. The number of morpholine rings is 2. The van der Waals surface area contributed by atoms with Crippen molar-refractivity contribution in [3.63, 3.8) is 0 Å². The molecule has 0 saturated carbocycles. The van der Waals surface area contributed by atoms with Crippen LogP contribution in [0, 0.1) is 0 Å². The molecular formula is C19H25N5O5S3. The van der Waals surface area contributed by atoms with Crippen LogP contribution in [0.2, 0.25) is 0 Å². The molecule has 10 nitrogen and oxygen atoms in total. The van der Waals surface area contributed by atoms with Crippen LogP contribution in [0.25, 0.3) is 0 Å². The van der Waals surface area contributed by atoms with Gasteiger partial charge < -0.3 is 19.7 Å². The van der Waals surface area contributed by atoms with E-state index >= 15 is 0 Å². The minimum atomic E-state index is -3.63. The van der Waals surface area contributed by atoms with Gasteiger partial charge >= 0.3 is 0 Å². The Morgan fingerprint density at radius 3 is 2.53 bits per heavy atom. The molecule has 174 valence electrons. The number of aromatic nitrogens is 2. The molecule has 0 aliphatic carbocycles. The molecule has 0 radical (unpaired) electrons. The third-order valence-electron chi connectivity index (χ3n) is 5.03. The summed E-state index contributed by atoms with van der Waals surface area (Å²) in [7, 11) is -3.63. The lowest BCUT2D eigenvalue weighted by atomic mass is 10.3. The van der Waals surface area contributed by atoms with E-state index in [1.807, 2.05) is 0 Å². The number of benzene rings is 1. The average Bonchev–Trinajstić information content (AvgIpc) is 3.29. The number of rotatable bonds is 7. The summed E-state index contributed by atoms with van der Waals surface area (Å²) in [5.41, 5.74) is 0.433. The number of nitrogens with one attached hydrogen (secondary N) is 1. The van der Waals surface area contributed by atoms with Gasteiger partial charge in [0.1, 0.15) is 0 Å². The van der Waals surface area contributed by atoms with E-state index in [1.165, 1.54) is 39.5 Å². The van der Waals surface area contributed by atoms with E-state index in [0.717, 1.165) is 18.2 Å². The molecule has 1 atom stereocenters. The molecule has 1 aromatic heterocycles. The number of nitrogens with zero attached hydrogens (tertiary/aromatic N) is 4. The van der Waals surface area contributed by atoms with Crippen LogP contribution in [-0.4, -0.2) is 86.7 Å². The summed E-state index contributed by atoms with van der Waals surface area (Å²) in [6, 6.07) is 6.32. The lowest BCUT2D eigenvalue weighted by Gasteiger charge is -2.26. The van der Waals surface area contributed by atoms with Gasteiger partial charge in [0.25, 0.3) is 0 Å². The minimum Gasteiger partial charge on any atom is -0.379 e. The van der Waals surface area contributed by atoms with E-state index in [9.17, 15) is 13.2 Å². The molecule has 4 rings (SSSR count). The molecule has 0 spiro atoms. The number of carbonyl (C=O) groups is 1. The van der Waals surface area contributed by atoms with Crippen LogP contribution in [0.3, 0.4) is 0 Å². The second-order valence-electron chi connectivity index (χ2n) is 7.24. The first-order valence-electron chi connectivity index (χ1n) is 10.3. The van der Waals surface area contributed by atoms with Crippen LogP contribution in [-0.2, 0) is 24.3 Å². The number of anilines is 2. The van der Waals surface area contributed by atoms with Crippen molar-refractivity contribution < 1.29 is 22.7 Å². The first kappa shape index (κ1) is 23.4. The van der Waals surface area contributed by atoms with Gasteiger partial charge in [0.15, 0.2) is 4.34 Å². The quantitative estimate of drug-likeness (QED) is 0.566. The molecule has 13 heteroatoms. The molecule has 32 heavy (non-hydrogen) atoms. The summed E-state index contributed by atoms with van der Waals surface area (Å²) < 4.78 is 38.4. The summed E-state index contributed by atoms with van der Waals surface area (Å²) in [6.07, 6.45) is 0. The third kappa shape index (κ3) is 5.58. The third-order valence-corrected chi connectivity index (χ3v) is 9.10. The Hall–Kier alpha value is -1.77. The highest BCUT2D eigenvalue weighted by Crippen LogP contribution is 2.31. The minimum absolute atomic E-state index is 0.150. The second kappa shape index (κ2) is 10.4. The zero-order valence-corrected chi connectivity index (χ0v) is 20.0. The van der Waals surface area contributed by atoms with Crippen molar-refractivity contribution in [1.29, 1.82) is 0 Å². The number of hydrogen-bond acceptors (Lipinski definition) is 10. The van der Waals surface area contributed by atoms with Gasteiger partial charge in [-0.1, -0.05) is 29.2 Å². The maximum atomic E-state index is 12.9. The molecule has 2 saturated heterocycles. The highest BCUT2D eigenvalue weighted by Gasteiger charge is 2.27. The summed E-state index contributed by atoms with van der Waals surface area (Å²) in [5, 5.41) is 11.6. The lowest BCUT2D eigenvalue weighted by Crippen LogP contribution is -2.40. The summed E-state index contributed by atoms with van der Waals surface area (Å²) in [6.45, 7) is 6.07. The van der Waals surface area contributed by atoms with Gasteiger partial charge in [-0.15, -0.1) is 10.2 Å². The molecule has 1 unspecified atom stereocenters. The van der Waals surface area contributed by atoms with Gasteiger partial charge in [-0.3, -0.25) is 4.79 Å². The van der Waals surface area contributed by atoms with Gasteiger partial charge in [-0.25, -0.2) is 8.42 Å². The number of carbonyl (C=O) groups excluding carboxylic acids is 1. The van der Waals surface area contributed by atoms with Gasteiger partial charge in [-0.2, -0.15) is 4.31 Å². The molecule has 2 aliphatic heterocycles. The van der Waals surface area contributed by atoms with E-state index < -0.39 is 15.3 Å². The zero-order valence-electron chi connectivity index (χ0n) is 17.6. The monoisotopic (exact) mass is 499 g/mol. The second-order valence-corrected chi connectivity index (χ2v) is 11.7. The van der Waals surface area contributed by atoms with Crippen molar-refractivity contribution >= 4 is 49.8 Å². The van der Waals surface area contributed by atoms with E-state index in [1.54, 1.807) is 19.1 Å². The topological polar surface area (TPSA) is 114 Å². The van der Waals surface area contributed by atoms with Crippen LogP contribution in [0.4, 0.5) is 10.8 Å². The van der Waals surface area contributed by atoms with Crippen molar-refractivity contribution in [2.45, 2.75) is 21.4 Å². The normalized spacial score (nSPS) is 19.0. The van der Waals surface area contributed by atoms with Crippen LogP contribution >= 0.6 is 23.1 Å². The molecular weight excluding hydrogens is 474 g/mol. The van der Waals surface area contributed by atoms with Crippen molar-refractivity contribution in [2.75, 3.05) is 62.8 Å². The fraction of sp³-hybridized carbons (Fsp3) is 0.526. The maximum absolute atomic E-state index is 12.9. The van der Waals surface area contributed by atoms with Crippen molar-refractivity contribution in [3.05, 3.63) is 24.3 Å². The van der Waals surface area contributed by atoms with Crippen LogP contribution in [0.15, 0.2) is 33.5 Å². The summed E-state index contributed by atoms with van der Waals surface area (Å²) in [4.78, 5) is 15.0. The van der Waals surface area contributed by atoms with Crippen molar-refractivity contribution in [2.24, 2.45) is 0 Å². The van der Waals surface area contributed by atoms with E-state index in [4.69, 9.17) is 9.47 Å². The van der Waals surface area contributed by atoms with Crippen molar-refractivity contribution in [3.8, 4) is 0 Å². The largest absolute Gasteiger partial charge is 0.379 e. The maximum Gasteiger partial charge on any atom is 0.243 e. The Labute approximate surface area is 195 Å². The smallest absolute Gasteiger partial charge is 0.243 e. The Morgan fingerprint density at radius 1 is 1.12 bits per heavy atom. The van der Waals surface area contributed by atoms with Crippen LogP contribution < -0.4 is 10.2 Å². The molecule has 1 aromatic carbocycles. The number of amides is 1. The van der Waals surface area contributed by atoms with Gasteiger partial charge in [0, 0.05) is 31.9 Å². The van der Waals surface area contributed by atoms with Gasteiger partial charge in [-0.05, 0) is 25.1 Å². The van der Waals surface area contributed by atoms with Crippen LogP contribution in [0.5, 0.6) is 0 Å². The Bertz CT molecular complexity index is 1040. The molecule has 2 fully saturated rings. The number of hydrogen-bond donors (Lipinski definition) is 1. The predicted octanol–water partition coefficient (Wildman–Crippen LogP) is 1.51. The van der Waals surface area contributed by atoms with Crippen molar-refractivity contribution in [1.82, 2.24) is 14.5 Å². The highest BCUT2D eigenvalue weighted by molar-refractivity contribution is 8.02. The molecule has 1 amide bonds. The average molecular weight is 500 g/mol. The van der Waals surface area contributed by atoms with E-state index in [2.05, 4.69) is 20.4 Å². The predicted molar refractivity (Wildman–Crippen MR) is 123 cm³/mol.